The second kappa shape index (κ2) is 5.90. The van der Waals surface area contributed by atoms with Gasteiger partial charge in [0.1, 0.15) is 5.82 Å². The van der Waals surface area contributed by atoms with Crippen molar-refractivity contribution < 1.29 is 19.1 Å². The van der Waals surface area contributed by atoms with E-state index in [9.17, 15) is 14.0 Å². The van der Waals surface area contributed by atoms with E-state index in [-0.39, 0.29) is 17.3 Å². The number of carboxylic acids is 1. The minimum atomic E-state index is -1.22. The highest BCUT2D eigenvalue weighted by atomic mass is 19.1. The van der Waals surface area contributed by atoms with Crippen LogP contribution >= 0.6 is 0 Å². The molecule has 1 aliphatic carbocycles. The van der Waals surface area contributed by atoms with Crippen molar-refractivity contribution >= 4 is 17.7 Å². The highest BCUT2D eigenvalue weighted by Gasteiger charge is 2.24. The third-order valence-electron chi connectivity index (χ3n) is 3.22. The highest BCUT2D eigenvalue weighted by Crippen LogP contribution is 2.33. The SMILES string of the molecule is CC(CC1CC1)NC(=O)Nc1cc(F)ccc1C(=O)O. The van der Waals surface area contributed by atoms with Crippen molar-refractivity contribution in [3.05, 3.63) is 29.6 Å². The van der Waals surface area contributed by atoms with Gasteiger partial charge in [0.25, 0.3) is 0 Å². The zero-order chi connectivity index (χ0) is 14.7. The van der Waals surface area contributed by atoms with E-state index in [1.165, 1.54) is 12.8 Å². The maximum Gasteiger partial charge on any atom is 0.337 e. The molecule has 6 heteroatoms. The van der Waals surface area contributed by atoms with Gasteiger partial charge in [0.15, 0.2) is 0 Å². The Morgan fingerprint density at radius 1 is 1.45 bits per heavy atom. The maximum absolute atomic E-state index is 13.1. The molecule has 2 rings (SSSR count). The Balaban J connectivity index is 1.98. The molecule has 1 aliphatic rings. The van der Waals surface area contributed by atoms with Crippen LogP contribution in [0.1, 0.15) is 36.5 Å². The van der Waals surface area contributed by atoms with Crippen LogP contribution in [0.2, 0.25) is 0 Å². The fourth-order valence-electron chi connectivity index (χ4n) is 2.10. The molecule has 20 heavy (non-hydrogen) atoms. The van der Waals surface area contributed by atoms with Crippen LogP contribution in [0.15, 0.2) is 18.2 Å². The Labute approximate surface area is 116 Å². The molecule has 3 N–H and O–H groups in total. The molecule has 0 aromatic heterocycles. The fourth-order valence-corrected chi connectivity index (χ4v) is 2.10. The summed E-state index contributed by atoms with van der Waals surface area (Å²) < 4.78 is 13.1. The molecule has 1 unspecified atom stereocenters. The largest absolute Gasteiger partial charge is 0.478 e. The summed E-state index contributed by atoms with van der Waals surface area (Å²) in [5.74, 6) is -1.14. The summed E-state index contributed by atoms with van der Waals surface area (Å²) in [6.07, 6.45) is 3.30. The fraction of sp³-hybridized carbons (Fsp3) is 0.429. The van der Waals surface area contributed by atoms with Crippen molar-refractivity contribution in [2.45, 2.75) is 32.2 Å². The number of benzene rings is 1. The van der Waals surface area contributed by atoms with Gasteiger partial charge in [-0.15, -0.1) is 0 Å². The Morgan fingerprint density at radius 2 is 2.15 bits per heavy atom. The number of nitrogens with one attached hydrogen (secondary N) is 2. The smallest absolute Gasteiger partial charge is 0.337 e. The lowest BCUT2D eigenvalue weighted by atomic mass is 10.1. The van der Waals surface area contributed by atoms with Crippen molar-refractivity contribution in [2.75, 3.05) is 5.32 Å². The van der Waals surface area contributed by atoms with E-state index in [4.69, 9.17) is 5.11 Å². The Bertz CT molecular complexity index is 529. The van der Waals surface area contributed by atoms with Crippen LogP contribution in [0.4, 0.5) is 14.9 Å². The second-order valence-corrected chi connectivity index (χ2v) is 5.17. The van der Waals surface area contributed by atoms with E-state index in [0.29, 0.717) is 5.92 Å². The summed E-state index contributed by atoms with van der Waals surface area (Å²) in [6, 6.07) is 2.65. The third-order valence-corrected chi connectivity index (χ3v) is 3.22. The van der Waals surface area contributed by atoms with E-state index in [0.717, 1.165) is 24.6 Å². The van der Waals surface area contributed by atoms with Crippen LogP contribution in [0.5, 0.6) is 0 Å². The van der Waals surface area contributed by atoms with Crippen LogP contribution < -0.4 is 10.6 Å². The predicted octanol–water partition coefficient (Wildman–Crippen LogP) is 2.83. The number of urea groups is 1. The first-order chi connectivity index (χ1) is 9.45. The van der Waals surface area contributed by atoms with E-state index in [1.807, 2.05) is 6.92 Å². The van der Waals surface area contributed by atoms with Crippen molar-refractivity contribution in [2.24, 2.45) is 5.92 Å². The lowest BCUT2D eigenvalue weighted by Crippen LogP contribution is -2.36. The molecule has 1 saturated carbocycles. The van der Waals surface area contributed by atoms with Gasteiger partial charge in [-0.25, -0.2) is 14.0 Å². The van der Waals surface area contributed by atoms with Crippen molar-refractivity contribution in [1.82, 2.24) is 5.32 Å². The predicted molar refractivity (Wildman–Crippen MR) is 72.3 cm³/mol. The van der Waals surface area contributed by atoms with Crippen LogP contribution in [0.3, 0.4) is 0 Å². The minimum Gasteiger partial charge on any atom is -0.478 e. The molecule has 0 saturated heterocycles. The number of hydrogen-bond donors (Lipinski definition) is 3. The van der Waals surface area contributed by atoms with Gasteiger partial charge in [0.2, 0.25) is 0 Å². The molecule has 0 aliphatic heterocycles. The lowest BCUT2D eigenvalue weighted by molar-refractivity contribution is 0.0698. The average Bonchev–Trinajstić information content (AvgIpc) is 3.11. The summed E-state index contributed by atoms with van der Waals surface area (Å²) in [4.78, 5) is 22.8. The number of halogens is 1. The average molecular weight is 280 g/mol. The van der Waals surface area contributed by atoms with Crippen molar-refractivity contribution in [3.8, 4) is 0 Å². The van der Waals surface area contributed by atoms with E-state index in [2.05, 4.69) is 10.6 Å². The Kier molecular flexibility index (Phi) is 4.22. The Morgan fingerprint density at radius 3 is 2.75 bits per heavy atom. The van der Waals surface area contributed by atoms with Gasteiger partial charge in [-0.1, -0.05) is 12.8 Å². The van der Waals surface area contributed by atoms with Crippen LogP contribution in [0, 0.1) is 11.7 Å². The molecule has 0 bridgehead atoms. The molecule has 2 amide bonds. The normalized spacial score (nSPS) is 15.5. The van der Waals surface area contributed by atoms with Crippen molar-refractivity contribution in [3.63, 3.8) is 0 Å². The maximum atomic E-state index is 13.1. The number of amides is 2. The van der Waals surface area contributed by atoms with Crippen LogP contribution in [-0.4, -0.2) is 23.1 Å². The number of rotatable bonds is 5. The number of carboxylic acid groups (broad SMARTS) is 1. The first-order valence-corrected chi connectivity index (χ1v) is 6.56. The summed E-state index contributed by atoms with van der Waals surface area (Å²) in [6.45, 7) is 1.89. The molecular formula is C14H17FN2O3. The van der Waals surface area contributed by atoms with E-state index >= 15 is 0 Å². The van der Waals surface area contributed by atoms with Gasteiger partial charge >= 0.3 is 12.0 Å². The lowest BCUT2D eigenvalue weighted by Gasteiger charge is -2.15. The van der Waals surface area contributed by atoms with Crippen molar-refractivity contribution in [1.29, 1.82) is 0 Å². The quantitative estimate of drug-likeness (QED) is 0.776. The monoisotopic (exact) mass is 280 g/mol. The molecule has 1 aromatic carbocycles. The van der Waals surface area contributed by atoms with Crippen LogP contribution in [-0.2, 0) is 0 Å². The third kappa shape index (κ3) is 3.94. The van der Waals surface area contributed by atoms with Gasteiger partial charge in [-0.2, -0.15) is 0 Å². The topological polar surface area (TPSA) is 78.4 Å². The number of aromatic carboxylic acids is 1. The summed E-state index contributed by atoms with van der Waals surface area (Å²) in [7, 11) is 0. The van der Waals surface area contributed by atoms with Gasteiger partial charge in [0.05, 0.1) is 11.3 Å². The first kappa shape index (κ1) is 14.3. The van der Waals surface area contributed by atoms with Gasteiger partial charge < -0.3 is 15.7 Å². The number of anilines is 1. The molecule has 1 atom stereocenters. The zero-order valence-corrected chi connectivity index (χ0v) is 11.1. The second-order valence-electron chi connectivity index (χ2n) is 5.17. The minimum absolute atomic E-state index is 0.00402. The van der Waals surface area contributed by atoms with Gasteiger partial charge in [-0.05, 0) is 37.5 Å². The number of carbonyl (C=O) groups is 2. The summed E-state index contributed by atoms with van der Waals surface area (Å²) >= 11 is 0. The van der Waals surface area contributed by atoms with Crippen LogP contribution in [0.25, 0.3) is 0 Å². The van der Waals surface area contributed by atoms with Gasteiger partial charge in [-0.3, -0.25) is 0 Å². The Hall–Kier alpha value is -2.11. The molecule has 1 aromatic rings. The highest BCUT2D eigenvalue weighted by molar-refractivity contribution is 6.00. The standard InChI is InChI=1S/C14H17FN2O3/c1-8(6-9-2-3-9)16-14(20)17-12-7-10(15)4-5-11(12)13(18)19/h4-5,7-9H,2-3,6H2,1H3,(H,18,19)(H2,16,17,20). The number of hydrogen-bond acceptors (Lipinski definition) is 2. The van der Waals surface area contributed by atoms with E-state index in [1.54, 1.807) is 0 Å². The molecule has 108 valence electrons. The summed E-state index contributed by atoms with van der Waals surface area (Å²) in [5.41, 5.74) is -0.190. The zero-order valence-electron chi connectivity index (χ0n) is 11.1. The molecule has 1 fully saturated rings. The number of carbonyl (C=O) groups excluding carboxylic acids is 1. The molecular weight excluding hydrogens is 263 g/mol. The van der Waals surface area contributed by atoms with E-state index < -0.39 is 17.8 Å². The molecule has 0 heterocycles. The van der Waals surface area contributed by atoms with Gasteiger partial charge in [0, 0.05) is 6.04 Å². The molecule has 5 nitrogen and oxygen atoms in total. The first-order valence-electron chi connectivity index (χ1n) is 6.56. The molecule has 0 radical (unpaired) electrons. The molecule has 0 spiro atoms. The summed E-state index contributed by atoms with van der Waals surface area (Å²) in [5, 5.41) is 14.1.